The molecule has 1 spiro atoms. The molecule has 1 aromatic rings. The number of nitrogens with zero attached hydrogens (tertiary/aromatic N) is 1. The van der Waals surface area contributed by atoms with Gasteiger partial charge in [-0.15, -0.1) is 0 Å². The van der Waals surface area contributed by atoms with Gasteiger partial charge in [0, 0.05) is 19.5 Å². The maximum atomic E-state index is 11.7. The molecule has 0 aromatic heterocycles. The standard InChI is InChI=1S/C21H29NO6/c1-3-4-5-12-22-13-10-16(15-21(22)27-19(23)20(24)28-21)11-14-26-18-8-6-17(25-2)7-9-18/h6-9,16H,3-5,10-15H2,1-2H3. The summed E-state index contributed by atoms with van der Waals surface area (Å²) in [7, 11) is 1.63. The Morgan fingerprint density at radius 1 is 1.11 bits per heavy atom. The number of piperidine rings is 1. The van der Waals surface area contributed by atoms with Crippen molar-refractivity contribution in [3.05, 3.63) is 24.3 Å². The Kier molecular flexibility index (Phi) is 6.78. The van der Waals surface area contributed by atoms with Crippen molar-refractivity contribution < 1.29 is 28.5 Å². The SMILES string of the molecule is CCCCCN1CCC(CCOc2ccc(OC)cc2)CC12OC(=O)C(=O)O2. The fourth-order valence-electron chi connectivity index (χ4n) is 3.81. The third-order valence-electron chi connectivity index (χ3n) is 5.39. The van der Waals surface area contributed by atoms with Crippen molar-refractivity contribution >= 4 is 11.9 Å². The number of carbonyl (C=O) groups excluding carboxylic acids is 2. The molecule has 154 valence electrons. The molecular formula is C21H29NO6. The van der Waals surface area contributed by atoms with Gasteiger partial charge < -0.3 is 18.9 Å². The van der Waals surface area contributed by atoms with Crippen LogP contribution in [0.15, 0.2) is 24.3 Å². The third-order valence-corrected chi connectivity index (χ3v) is 5.39. The average Bonchev–Trinajstić information content (AvgIpc) is 2.98. The smallest absolute Gasteiger partial charge is 0.421 e. The lowest BCUT2D eigenvalue weighted by molar-refractivity contribution is -0.272. The van der Waals surface area contributed by atoms with Crippen LogP contribution in [0.25, 0.3) is 0 Å². The van der Waals surface area contributed by atoms with E-state index in [1.807, 2.05) is 29.2 Å². The van der Waals surface area contributed by atoms with E-state index >= 15 is 0 Å². The molecule has 7 heteroatoms. The summed E-state index contributed by atoms with van der Waals surface area (Å²) in [6, 6.07) is 7.46. The van der Waals surface area contributed by atoms with Gasteiger partial charge in [0.1, 0.15) is 11.5 Å². The number of carbonyl (C=O) groups is 2. The zero-order valence-corrected chi connectivity index (χ0v) is 16.6. The minimum Gasteiger partial charge on any atom is -0.497 e. The Balaban J connectivity index is 1.55. The number of methoxy groups -OCH3 is 1. The zero-order chi connectivity index (χ0) is 20.0. The third kappa shape index (κ3) is 4.76. The van der Waals surface area contributed by atoms with E-state index < -0.39 is 17.8 Å². The maximum absolute atomic E-state index is 11.7. The van der Waals surface area contributed by atoms with Crippen LogP contribution in [-0.2, 0) is 19.1 Å². The molecule has 0 bridgehead atoms. The predicted molar refractivity (Wildman–Crippen MR) is 102 cm³/mol. The molecular weight excluding hydrogens is 362 g/mol. The molecule has 0 radical (unpaired) electrons. The van der Waals surface area contributed by atoms with Gasteiger partial charge in [0.15, 0.2) is 0 Å². The molecule has 3 rings (SSSR count). The Hall–Kier alpha value is -2.28. The molecule has 1 unspecified atom stereocenters. The van der Waals surface area contributed by atoms with E-state index in [1.165, 1.54) is 0 Å². The van der Waals surface area contributed by atoms with Gasteiger partial charge in [0.2, 0.25) is 0 Å². The number of benzene rings is 1. The monoisotopic (exact) mass is 391 g/mol. The van der Waals surface area contributed by atoms with Gasteiger partial charge in [-0.05, 0) is 49.4 Å². The van der Waals surface area contributed by atoms with Crippen molar-refractivity contribution in [1.82, 2.24) is 4.90 Å². The van der Waals surface area contributed by atoms with E-state index in [0.29, 0.717) is 13.0 Å². The lowest BCUT2D eigenvalue weighted by atomic mass is 9.90. The lowest BCUT2D eigenvalue weighted by Crippen LogP contribution is -2.55. The van der Waals surface area contributed by atoms with Gasteiger partial charge >= 0.3 is 17.8 Å². The first-order valence-electron chi connectivity index (χ1n) is 10.0. The van der Waals surface area contributed by atoms with Crippen molar-refractivity contribution in [1.29, 1.82) is 0 Å². The molecule has 2 aliphatic rings. The Labute approximate surface area is 165 Å². The predicted octanol–water partition coefficient (Wildman–Crippen LogP) is 3.12. The minimum absolute atomic E-state index is 0.249. The molecule has 28 heavy (non-hydrogen) atoms. The fraction of sp³-hybridized carbons (Fsp3) is 0.619. The molecule has 7 nitrogen and oxygen atoms in total. The van der Waals surface area contributed by atoms with Crippen LogP contribution in [-0.4, -0.2) is 49.6 Å². The summed E-state index contributed by atoms with van der Waals surface area (Å²) in [5, 5.41) is 0. The van der Waals surface area contributed by atoms with E-state index in [0.717, 1.165) is 56.7 Å². The number of esters is 2. The normalized spacial score (nSPS) is 21.4. The second-order valence-electron chi connectivity index (χ2n) is 7.36. The molecule has 2 saturated heterocycles. The first kappa shape index (κ1) is 20.5. The Morgan fingerprint density at radius 2 is 1.79 bits per heavy atom. The Bertz CT molecular complexity index is 658. The Morgan fingerprint density at radius 3 is 2.43 bits per heavy atom. The van der Waals surface area contributed by atoms with Crippen LogP contribution in [0.2, 0.25) is 0 Å². The summed E-state index contributed by atoms with van der Waals surface area (Å²) in [6.07, 6.45) is 5.42. The van der Waals surface area contributed by atoms with Crippen LogP contribution >= 0.6 is 0 Å². The lowest BCUT2D eigenvalue weighted by Gasteiger charge is -2.43. The van der Waals surface area contributed by atoms with Crippen molar-refractivity contribution in [2.24, 2.45) is 5.92 Å². The molecule has 1 atom stereocenters. The van der Waals surface area contributed by atoms with Crippen molar-refractivity contribution in [3.8, 4) is 11.5 Å². The number of hydrogen-bond acceptors (Lipinski definition) is 7. The highest BCUT2D eigenvalue weighted by Gasteiger charge is 2.55. The molecule has 0 amide bonds. The van der Waals surface area contributed by atoms with Crippen molar-refractivity contribution in [2.45, 2.75) is 51.4 Å². The van der Waals surface area contributed by atoms with E-state index in [1.54, 1.807) is 7.11 Å². The van der Waals surface area contributed by atoms with Crippen LogP contribution in [0.4, 0.5) is 0 Å². The molecule has 2 heterocycles. The second-order valence-corrected chi connectivity index (χ2v) is 7.36. The number of hydrogen-bond donors (Lipinski definition) is 0. The average molecular weight is 391 g/mol. The molecule has 1 aromatic carbocycles. The summed E-state index contributed by atoms with van der Waals surface area (Å²) in [5.74, 6) is -1.20. The minimum atomic E-state index is -1.23. The number of ether oxygens (including phenoxy) is 4. The van der Waals surface area contributed by atoms with Gasteiger partial charge in [0.05, 0.1) is 13.7 Å². The fourth-order valence-corrected chi connectivity index (χ4v) is 3.81. The number of unbranched alkanes of at least 4 members (excludes halogenated alkanes) is 2. The highest BCUT2D eigenvalue weighted by molar-refractivity contribution is 6.31. The molecule has 2 aliphatic heterocycles. The topological polar surface area (TPSA) is 74.3 Å². The largest absolute Gasteiger partial charge is 0.497 e. The summed E-state index contributed by atoms with van der Waals surface area (Å²) >= 11 is 0. The van der Waals surface area contributed by atoms with Crippen LogP contribution in [0.3, 0.4) is 0 Å². The van der Waals surface area contributed by atoms with Gasteiger partial charge in [0.25, 0.3) is 0 Å². The molecule has 0 saturated carbocycles. The quantitative estimate of drug-likeness (QED) is 0.364. The molecule has 0 aliphatic carbocycles. The zero-order valence-electron chi connectivity index (χ0n) is 16.6. The second kappa shape index (κ2) is 9.28. The summed E-state index contributed by atoms with van der Waals surface area (Å²) < 4.78 is 21.8. The highest BCUT2D eigenvalue weighted by Crippen LogP contribution is 2.39. The maximum Gasteiger partial charge on any atom is 0.421 e. The summed E-state index contributed by atoms with van der Waals surface area (Å²) in [5.41, 5.74) is 0. The van der Waals surface area contributed by atoms with Crippen molar-refractivity contribution in [3.63, 3.8) is 0 Å². The molecule has 0 N–H and O–H groups in total. The van der Waals surface area contributed by atoms with Crippen LogP contribution in [0.1, 0.15) is 45.4 Å². The first-order chi connectivity index (χ1) is 13.6. The number of likely N-dealkylation sites (tertiary alicyclic amines) is 1. The highest BCUT2D eigenvalue weighted by atomic mass is 16.8. The van der Waals surface area contributed by atoms with Crippen molar-refractivity contribution in [2.75, 3.05) is 26.8 Å². The summed E-state index contributed by atoms with van der Waals surface area (Å²) in [4.78, 5) is 25.5. The molecule has 2 fully saturated rings. The van der Waals surface area contributed by atoms with Gasteiger partial charge in [-0.3, -0.25) is 0 Å². The van der Waals surface area contributed by atoms with Gasteiger partial charge in [-0.2, -0.15) is 0 Å². The van der Waals surface area contributed by atoms with E-state index in [-0.39, 0.29) is 5.92 Å². The van der Waals surface area contributed by atoms with Gasteiger partial charge in [-0.25, -0.2) is 14.5 Å². The van der Waals surface area contributed by atoms with E-state index in [4.69, 9.17) is 18.9 Å². The number of rotatable bonds is 9. The van der Waals surface area contributed by atoms with Gasteiger partial charge in [-0.1, -0.05) is 19.8 Å². The summed E-state index contributed by atoms with van der Waals surface area (Å²) in [6.45, 7) is 4.17. The first-order valence-corrected chi connectivity index (χ1v) is 10.0. The van der Waals surface area contributed by atoms with Crippen LogP contribution in [0.5, 0.6) is 11.5 Å². The van der Waals surface area contributed by atoms with Crippen LogP contribution in [0, 0.1) is 5.92 Å². The van der Waals surface area contributed by atoms with Crippen LogP contribution < -0.4 is 9.47 Å². The van der Waals surface area contributed by atoms with E-state index in [2.05, 4.69) is 6.92 Å². The van der Waals surface area contributed by atoms with E-state index in [9.17, 15) is 9.59 Å².